The normalized spacial score (nSPS) is 25.3. The number of aromatic hydroxyl groups is 1. The van der Waals surface area contributed by atoms with Gasteiger partial charge >= 0.3 is 0 Å². The second-order valence-electron chi connectivity index (χ2n) is 8.41. The van der Waals surface area contributed by atoms with Crippen LogP contribution in [0.5, 0.6) is 5.75 Å². The predicted molar refractivity (Wildman–Crippen MR) is 123 cm³/mol. The third-order valence-corrected chi connectivity index (χ3v) is 7.34. The maximum Gasteiger partial charge on any atom is 0.242 e. The number of nitrogens with zero attached hydrogens (tertiary/aromatic N) is 1. The van der Waals surface area contributed by atoms with Gasteiger partial charge in [-0.25, -0.2) is 10.9 Å². The van der Waals surface area contributed by atoms with E-state index >= 15 is 0 Å². The maximum atomic E-state index is 13.4. The zero-order valence-electron chi connectivity index (χ0n) is 18.5. The Hall–Kier alpha value is -2.06. The summed E-state index contributed by atoms with van der Waals surface area (Å²) in [7, 11) is 1.68. The van der Waals surface area contributed by atoms with Crippen LogP contribution < -0.4 is 10.9 Å². The van der Waals surface area contributed by atoms with Crippen LogP contribution in [0.3, 0.4) is 0 Å². The van der Waals surface area contributed by atoms with Crippen molar-refractivity contribution in [2.45, 2.75) is 43.3 Å². The second kappa shape index (κ2) is 9.20. The highest BCUT2D eigenvalue weighted by Gasteiger charge is 2.55. The van der Waals surface area contributed by atoms with Crippen molar-refractivity contribution in [3.63, 3.8) is 0 Å². The van der Waals surface area contributed by atoms with Gasteiger partial charge in [-0.05, 0) is 61.4 Å². The van der Waals surface area contributed by atoms with Gasteiger partial charge < -0.3 is 14.7 Å². The minimum atomic E-state index is -0.334. The lowest BCUT2D eigenvalue weighted by Crippen LogP contribution is -2.41. The van der Waals surface area contributed by atoms with E-state index in [1.54, 1.807) is 18.9 Å². The molecule has 166 valence electrons. The zero-order valence-corrected chi connectivity index (χ0v) is 19.3. The Kier molecular flexibility index (Phi) is 6.57. The standard InChI is InChI=1S/C24H31N3O3S/c1-14-12-18(19(28)13-15(14)2)21-20-22(26-25-21)24(29)27(10-5-11-30-3)23(20)16-6-8-17(31-4)9-7-16/h6-9,12-13,20-23,25-26,28H,5,10-11H2,1-4H3. The molecule has 2 fully saturated rings. The minimum absolute atomic E-state index is 0.0387. The van der Waals surface area contributed by atoms with Gasteiger partial charge in [0.25, 0.3) is 0 Å². The average molecular weight is 442 g/mol. The number of rotatable bonds is 7. The first-order chi connectivity index (χ1) is 15.0. The van der Waals surface area contributed by atoms with Gasteiger partial charge in [-0.2, -0.15) is 0 Å². The van der Waals surface area contributed by atoms with Gasteiger partial charge in [0.2, 0.25) is 5.91 Å². The molecule has 31 heavy (non-hydrogen) atoms. The van der Waals surface area contributed by atoms with Crippen molar-refractivity contribution >= 4 is 17.7 Å². The Labute approximate surface area is 188 Å². The Morgan fingerprint density at radius 1 is 1.10 bits per heavy atom. The Bertz CT molecular complexity index is 950. The number of fused-ring (bicyclic) bond motifs is 1. The molecule has 2 aromatic rings. The van der Waals surface area contributed by atoms with Gasteiger partial charge in [0.1, 0.15) is 11.8 Å². The molecule has 7 heteroatoms. The molecule has 0 bridgehead atoms. The van der Waals surface area contributed by atoms with E-state index in [2.05, 4.69) is 41.4 Å². The number of hydrazine groups is 1. The summed E-state index contributed by atoms with van der Waals surface area (Å²) in [6.45, 7) is 5.30. The van der Waals surface area contributed by atoms with E-state index in [9.17, 15) is 9.90 Å². The van der Waals surface area contributed by atoms with E-state index in [4.69, 9.17) is 4.74 Å². The number of nitrogens with one attached hydrogen (secondary N) is 2. The summed E-state index contributed by atoms with van der Waals surface area (Å²) in [5.41, 5.74) is 10.7. The molecule has 2 aliphatic rings. The fraction of sp³-hybridized carbons (Fsp3) is 0.458. The van der Waals surface area contributed by atoms with Gasteiger partial charge in [0.15, 0.2) is 0 Å². The first-order valence-electron chi connectivity index (χ1n) is 10.7. The van der Waals surface area contributed by atoms with Crippen LogP contribution in [0.25, 0.3) is 0 Å². The molecular weight excluding hydrogens is 410 g/mol. The molecule has 2 heterocycles. The Morgan fingerprint density at radius 3 is 2.45 bits per heavy atom. The molecule has 2 aliphatic heterocycles. The molecule has 4 rings (SSSR count). The van der Waals surface area contributed by atoms with Crippen molar-refractivity contribution in [1.29, 1.82) is 0 Å². The number of amides is 1. The van der Waals surface area contributed by atoms with E-state index in [1.807, 2.05) is 30.9 Å². The largest absolute Gasteiger partial charge is 0.508 e. The van der Waals surface area contributed by atoms with Crippen LogP contribution in [0, 0.1) is 19.8 Å². The fourth-order valence-electron chi connectivity index (χ4n) is 4.87. The predicted octanol–water partition coefficient (Wildman–Crippen LogP) is 3.48. The van der Waals surface area contributed by atoms with Crippen LogP contribution in [0.15, 0.2) is 41.3 Å². The molecular formula is C24H31N3O3S. The highest BCUT2D eigenvalue weighted by Crippen LogP contribution is 2.49. The van der Waals surface area contributed by atoms with Crippen LogP contribution in [0.1, 0.15) is 40.8 Å². The summed E-state index contributed by atoms with van der Waals surface area (Å²) >= 11 is 1.71. The van der Waals surface area contributed by atoms with E-state index in [1.165, 1.54) is 4.90 Å². The van der Waals surface area contributed by atoms with Crippen molar-refractivity contribution in [1.82, 2.24) is 15.8 Å². The summed E-state index contributed by atoms with van der Waals surface area (Å²) in [6.07, 6.45) is 2.85. The number of likely N-dealkylation sites (tertiary alicyclic amines) is 1. The Morgan fingerprint density at radius 2 is 1.77 bits per heavy atom. The van der Waals surface area contributed by atoms with E-state index in [0.717, 1.165) is 28.7 Å². The first kappa shape index (κ1) is 22.1. The number of phenolic OH excluding ortho intramolecular Hbond substituents is 1. The number of thioether (sulfide) groups is 1. The first-order valence-corrected chi connectivity index (χ1v) is 11.9. The van der Waals surface area contributed by atoms with Crippen LogP contribution >= 0.6 is 11.8 Å². The summed E-state index contributed by atoms with van der Waals surface area (Å²) in [6, 6.07) is 11.7. The number of aryl methyl sites for hydroxylation is 2. The average Bonchev–Trinajstić information content (AvgIpc) is 3.30. The molecule has 2 saturated heterocycles. The molecule has 4 unspecified atom stereocenters. The highest BCUT2D eigenvalue weighted by molar-refractivity contribution is 7.98. The van der Waals surface area contributed by atoms with Gasteiger partial charge in [0, 0.05) is 36.6 Å². The zero-order chi connectivity index (χ0) is 22.1. The third kappa shape index (κ3) is 4.07. The number of carbonyl (C=O) groups excluding carboxylic acids is 1. The number of hydrogen-bond donors (Lipinski definition) is 3. The van der Waals surface area contributed by atoms with Gasteiger partial charge in [-0.15, -0.1) is 11.8 Å². The highest BCUT2D eigenvalue weighted by atomic mass is 32.2. The topological polar surface area (TPSA) is 73.8 Å². The van der Waals surface area contributed by atoms with Crippen LogP contribution in [0.4, 0.5) is 0 Å². The van der Waals surface area contributed by atoms with Crippen LogP contribution in [0.2, 0.25) is 0 Å². The van der Waals surface area contributed by atoms with Crippen molar-refractivity contribution in [3.8, 4) is 5.75 Å². The van der Waals surface area contributed by atoms with E-state index in [0.29, 0.717) is 13.2 Å². The lowest BCUT2D eigenvalue weighted by molar-refractivity contribution is -0.131. The van der Waals surface area contributed by atoms with Crippen molar-refractivity contribution in [2.75, 3.05) is 26.5 Å². The smallest absolute Gasteiger partial charge is 0.242 e. The number of phenols is 1. The molecule has 0 radical (unpaired) electrons. The second-order valence-corrected chi connectivity index (χ2v) is 9.29. The lowest BCUT2D eigenvalue weighted by atomic mass is 9.82. The van der Waals surface area contributed by atoms with Crippen molar-refractivity contribution in [3.05, 3.63) is 58.7 Å². The van der Waals surface area contributed by atoms with Crippen LogP contribution in [-0.4, -0.2) is 48.5 Å². The molecule has 0 aromatic heterocycles. The summed E-state index contributed by atoms with van der Waals surface area (Å²) < 4.78 is 5.23. The molecule has 4 atom stereocenters. The number of benzene rings is 2. The van der Waals surface area contributed by atoms with Gasteiger partial charge in [-0.3, -0.25) is 4.79 Å². The van der Waals surface area contributed by atoms with Gasteiger partial charge in [0.05, 0.1) is 12.1 Å². The van der Waals surface area contributed by atoms with E-state index < -0.39 is 0 Å². The molecule has 1 amide bonds. The summed E-state index contributed by atoms with van der Waals surface area (Å²) in [4.78, 5) is 16.6. The maximum absolute atomic E-state index is 13.4. The summed E-state index contributed by atoms with van der Waals surface area (Å²) in [5.74, 6) is 0.325. The molecule has 0 aliphatic carbocycles. The van der Waals surface area contributed by atoms with Crippen molar-refractivity contribution in [2.24, 2.45) is 5.92 Å². The molecule has 2 aromatic carbocycles. The lowest BCUT2D eigenvalue weighted by Gasteiger charge is -2.31. The summed E-state index contributed by atoms with van der Waals surface area (Å²) in [5, 5.41) is 10.7. The van der Waals surface area contributed by atoms with Gasteiger partial charge in [-0.1, -0.05) is 18.2 Å². The molecule has 0 spiro atoms. The van der Waals surface area contributed by atoms with Crippen molar-refractivity contribution < 1.29 is 14.6 Å². The quantitative estimate of drug-likeness (QED) is 0.451. The SMILES string of the molecule is COCCCN1C(=O)C2NNC(c3cc(C)c(C)cc3O)C2C1c1ccc(SC)cc1. The third-order valence-electron chi connectivity index (χ3n) is 6.60. The number of carbonyl (C=O) groups is 1. The molecule has 6 nitrogen and oxygen atoms in total. The fourth-order valence-corrected chi connectivity index (χ4v) is 5.28. The number of methoxy groups -OCH3 is 1. The van der Waals surface area contributed by atoms with Crippen LogP contribution in [-0.2, 0) is 9.53 Å². The Balaban J connectivity index is 1.74. The number of ether oxygens (including phenoxy) is 1. The molecule has 0 saturated carbocycles. The minimum Gasteiger partial charge on any atom is -0.508 e. The van der Waals surface area contributed by atoms with E-state index in [-0.39, 0.29) is 35.7 Å². The number of hydrogen-bond acceptors (Lipinski definition) is 6. The molecule has 3 N–H and O–H groups in total. The monoisotopic (exact) mass is 441 g/mol.